The highest BCUT2D eigenvalue weighted by Gasteiger charge is 2.08. The largest absolute Gasteiger partial charge is 0.339 e. The smallest absolute Gasteiger partial charge is 0.151 e. The molecular weight excluding hydrogens is 266 g/mol. The van der Waals surface area contributed by atoms with E-state index in [0.29, 0.717) is 5.02 Å². The summed E-state index contributed by atoms with van der Waals surface area (Å²) in [5.74, 6) is 0.820. The molecule has 0 bridgehead atoms. The van der Waals surface area contributed by atoms with Crippen molar-refractivity contribution in [2.24, 2.45) is 0 Å². The van der Waals surface area contributed by atoms with Crippen molar-refractivity contribution in [3.63, 3.8) is 0 Å². The summed E-state index contributed by atoms with van der Waals surface area (Å²) >= 11 is 7.61. The van der Waals surface area contributed by atoms with Crippen molar-refractivity contribution in [2.75, 3.05) is 5.32 Å². The van der Waals surface area contributed by atoms with Crippen molar-refractivity contribution >= 4 is 44.7 Å². The molecule has 0 radical (unpaired) electrons. The van der Waals surface area contributed by atoms with E-state index in [1.807, 2.05) is 24.3 Å². The summed E-state index contributed by atoms with van der Waals surface area (Å²) in [4.78, 5) is 8.58. The van der Waals surface area contributed by atoms with E-state index in [9.17, 15) is 0 Å². The monoisotopic (exact) mass is 275 g/mol. The van der Waals surface area contributed by atoms with Crippen LogP contribution in [0, 0.1) is 6.92 Å². The van der Waals surface area contributed by atoms with Crippen LogP contribution < -0.4 is 5.32 Å². The summed E-state index contributed by atoms with van der Waals surface area (Å²) < 4.78 is 1.06. The van der Waals surface area contributed by atoms with Crippen LogP contribution in [-0.2, 0) is 0 Å². The van der Waals surface area contributed by atoms with Gasteiger partial charge in [0.2, 0.25) is 0 Å². The fourth-order valence-electron chi connectivity index (χ4n) is 1.76. The number of aromatic nitrogens is 2. The molecule has 18 heavy (non-hydrogen) atoms. The molecule has 0 fully saturated rings. The molecule has 0 aliphatic rings. The van der Waals surface area contributed by atoms with Gasteiger partial charge in [-0.2, -0.15) is 0 Å². The van der Waals surface area contributed by atoms with Crippen LogP contribution in [0.5, 0.6) is 0 Å². The third-order valence-corrected chi connectivity index (χ3v) is 3.95. The molecule has 0 aliphatic heterocycles. The highest BCUT2D eigenvalue weighted by molar-refractivity contribution is 7.18. The number of aryl methyl sites for hydroxylation is 1. The van der Waals surface area contributed by atoms with Gasteiger partial charge in [0.05, 0.1) is 10.2 Å². The zero-order valence-corrected chi connectivity index (χ0v) is 11.2. The molecule has 1 N–H and O–H groups in total. The molecule has 0 amide bonds. The molecule has 0 saturated carbocycles. The molecule has 0 unspecified atom stereocenters. The third kappa shape index (κ3) is 2.05. The zero-order valence-electron chi connectivity index (χ0n) is 9.64. The molecule has 0 saturated heterocycles. The molecule has 2 aromatic heterocycles. The lowest BCUT2D eigenvalue weighted by atomic mass is 10.3. The Balaban J connectivity index is 2.05. The lowest BCUT2D eigenvalue weighted by Gasteiger charge is -2.06. The molecule has 0 aliphatic carbocycles. The second-order valence-electron chi connectivity index (χ2n) is 3.95. The molecule has 3 rings (SSSR count). The second-order valence-corrected chi connectivity index (χ2v) is 5.27. The first kappa shape index (κ1) is 11.4. The van der Waals surface area contributed by atoms with E-state index >= 15 is 0 Å². The number of hydrogen-bond donors (Lipinski definition) is 1. The minimum Gasteiger partial charge on any atom is -0.339 e. The van der Waals surface area contributed by atoms with Gasteiger partial charge < -0.3 is 5.32 Å². The van der Waals surface area contributed by atoms with Gasteiger partial charge in [0.1, 0.15) is 6.33 Å². The SMILES string of the molecule is Cc1csc2c(Nc3cccc(Cl)c3)ncnc12. The Bertz CT molecular complexity index is 708. The molecule has 90 valence electrons. The second kappa shape index (κ2) is 4.55. The molecule has 5 heteroatoms. The van der Waals surface area contributed by atoms with Gasteiger partial charge in [-0.05, 0) is 36.1 Å². The molecule has 2 heterocycles. The van der Waals surface area contributed by atoms with Crippen molar-refractivity contribution < 1.29 is 0 Å². The molecule has 3 aromatic rings. The minimum atomic E-state index is 0.702. The van der Waals surface area contributed by atoms with Gasteiger partial charge >= 0.3 is 0 Å². The topological polar surface area (TPSA) is 37.8 Å². The first-order valence-electron chi connectivity index (χ1n) is 5.45. The summed E-state index contributed by atoms with van der Waals surface area (Å²) in [6.45, 7) is 2.05. The van der Waals surface area contributed by atoms with Crippen LogP contribution in [0.1, 0.15) is 5.56 Å². The van der Waals surface area contributed by atoms with Gasteiger partial charge in [-0.25, -0.2) is 9.97 Å². The maximum Gasteiger partial charge on any atom is 0.151 e. The number of rotatable bonds is 2. The van der Waals surface area contributed by atoms with Gasteiger partial charge in [-0.3, -0.25) is 0 Å². The van der Waals surface area contributed by atoms with Gasteiger partial charge in [0.25, 0.3) is 0 Å². The number of fused-ring (bicyclic) bond motifs is 1. The predicted molar refractivity (Wildman–Crippen MR) is 76.9 cm³/mol. The van der Waals surface area contributed by atoms with Crippen LogP contribution in [-0.4, -0.2) is 9.97 Å². The first-order chi connectivity index (χ1) is 8.74. The number of nitrogens with one attached hydrogen (secondary N) is 1. The Kier molecular flexibility index (Phi) is 2.89. The van der Waals surface area contributed by atoms with Crippen LogP contribution in [0.4, 0.5) is 11.5 Å². The molecule has 0 atom stereocenters. The lowest BCUT2D eigenvalue weighted by molar-refractivity contribution is 1.22. The number of benzene rings is 1. The Morgan fingerprint density at radius 1 is 1.28 bits per heavy atom. The maximum atomic E-state index is 5.96. The molecule has 3 nitrogen and oxygen atoms in total. The summed E-state index contributed by atoms with van der Waals surface area (Å²) in [6, 6.07) is 7.58. The Hall–Kier alpha value is -1.65. The van der Waals surface area contributed by atoms with Crippen molar-refractivity contribution in [3.8, 4) is 0 Å². The quantitative estimate of drug-likeness (QED) is 0.753. The normalized spacial score (nSPS) is 10.8. The first-order valence-corrected chi connectivity index (χ1v) is 6.71. The van der Waals surface area contributed by atoms with Crippen molar-refractivity contribution in [1.82, 2.24) is 9.97 Å². The number of anilines is 2. The van der Waals surface area contributed by atoms with Crippen LogP contribution >= 0.6 is 22.9 Å². The zero-order chi connectivity index (χ0) is 12.5. The minimum absolute atomic E-state index is 0.702. The predicted octanol–water partition coefficient (Wildman–Crippen LogP) is 4.40. The van der Waals surface area contributed by atoms with E-state index in [2.05, 4.69) is 27.6 Å². The number of nitrogens with zero attached hydrogens (tertiary/aromatic N) is 2. The third-order valence-electron chi connectivity index (χ3n) is 2.62. The van der Waals surface area contributed by atoms with E-state index in [4.69, 9.17) is 11.6 Å². The fraction of sp³-hybridized carbons (Fsp3) is 0.0769. The number of thiophene rings is 1. The Morgan fingerprint density at radius 3 is 3.00 bits per heavy atom. The average molecular weight is 276 g/mol. The highest BCUT2D eigenvalue weighted by atomic mass is 35.5. The van der Waals surface area contributed by atoms with Crippen molar-refractivity contribution in [1.29, 1.82) is 0 Å². The van der Waals surface area contributed by atoms with E-state index in [1.54, 1.807) is 17.7 Å². The molecular formula is C13H10ClN3S. The van der Waals surface area contributed by atoms with Crippen molar-refractivity contribution in [3.05, 3.63) is 46.6 Å². The Morgan fingerprint density at radius 2 is 2.17 bits per heavy atom. The van der Waals surface area contributed by atoms with E-state index in [0.717, 1.165) is 21.7 Å². The van der Waals surface area contributed by atoms with Gasteiger partial charge in [0, 0.05) is 10.7 Å². The maximum absolute atomic E-state index is 5.96. The number of hydrogen-bond acceptors (Lipinski definition) is 4. The van der Waals surface area contributed by atoms with E-state index < -0.39 is 0 Å². The summed E-state index contributed by atoms with van der Waals surface area (Å²) in [5, 5.41) is 6.06. The van der Waals surface area contributed by atoms with Crippen LogP contribution in [0.25, 0.3) is 10.2 Å². The fourth-order valence-corrected chi connectivity index (χ4v) is 2.90. The average Bonchev–Trinajstić information content (AvgIpc) is 2.73. The van der Waals surface area contributed by atoms with Crippen LogP contribution in [0.3, 0.4) is 0 Å². The Labute approximate surface area is 113 Å². The van der Waals surface area contributed by atoms with Gasteiger partial charge in [-0.15, -0.1) is 11.3 Å². The van der Waals surface area contributed by atoms with Crippen LogP contribution in [0.15, 0.2) is 36.0 Å². The van der Waals surface area contributed by atoms with E-state index in [1.165, 1.54) is 5.56 Å². The lowest BCUT2D eigenvalue weighted by Crippen LogP contribution is -1.94. The number of halogens is 1. The standard InChI is InChI=1S/C13H10ClN3S/c1-8-6-18-12-11(8)15-7-16-13(12)17-10-4-2-3-9(14)5-10/h2-7H,1H3,(H,15,16,17). The molecule has 0 spiro atoms. The summed E-state index contributed by atoms with van der Waals surface area (Å²) in [6.07, 6.45) is 1.58. The summed E-state index contributed by atoms with van der Waals surface area (Å²) in [7, 11) is 0. The summed E-state index contributed by atoms with van der Waals surface area (Å²) in [5.41, 5.74) is 3.10. The highest BCUT2D eigenvalue weighted by Crippen LogP contribution is 2.30. The van der Waals surface area contributed by atoms with Crippen molar-refractivity contribution in [2.45, 2.75) is 6.92 Å². The van der Waals surface area contributed by atoms with Gasteiger partial charge in [-0.1, -0.05) is 17.7 Å². The van der Waals surface area contributed by atoms with E-state index in [-0.39, 0.29) is 0 Å². The van der Waals surface area contributed by atoms with Gasteiger partial charge in [0.15, 0.2) is 5.82 Å². The van der Waals surface area contributed by atoms with Crippen LogP contribution in [0.2, 0.25) is 5.02 Å². The molecule has 1 aromatic carbocycles.